The molecule has 2 aromatic heterocycles. The summed E-state index contributed by atoms with van der Waals surface area (Å²) in [5.41, 5.74) is 5.41. The van der Waals surface area contributed by atoms with Crippen LogP contribution in [0.2, 0.25) is 0 Å². The van der Waals surface area contributed by atoms with Crippen molar-refractivity contribution in [2.24, 2.45) is 0 Å². The molecule has 2 aromatic rings. The molecule has 0 aliphatic rings. The van der Waals surface area contributed by atoms with Gasteiger partial charge in [0.1, 0.15) is 6.33 Å². The van der Waals surface area contributed by atoms with Gasteiger partial charge in [-0.1, -0.05) is 0 Å². The van der Waals surface area contributed by atoms with Gasteiger partial charge in [0.05, 0.1) is 18.0 Å². The summed E-state index contributed by atoms with van der Waals surface area (Å²) in [6, 6.07) is 1.55. The van der Waals surface area contributed by atoms with E-state index in [1.807, 2.05) is 13.8 Å². The molecule has 0 aliphatic heterocycles. The quantitative estimate of drug-likeness (QED) is 0.835. The van der Waals surface area contributed by atoms with E-state index in [1.165, 1.54) is 17.2 Å². The zero-order chi connectivity index (χ0) is 14.0. The Morgan fingerprint density at radius 1 is 1.47 bits per heavy atom. The fourth-order valence-electron chi connectivity index (χ4n) is 1.43. The van der Waals surface area contributed by atoms with Crippen molar-refractivity contribution in [3.8, 4) is 11.7 Å². The van der Waals surface area contributed by atoms with Crippen molar-refractivity contribution in [3.63, 3.8) is 0 Å². The maximum atomic E-state index is 10.9. The molecule has 0 amide bonds. The Morgan fingerprint density at radius 3 is 2.79 bits per heavy atom. The summed E-state index contributed by atoms with van der Waals surface area (Å²) in [7, 11) is 0. The van der Waals surface area contributed by atoms with Crippen LogP contribution in [0.15, 0.2) is 18.6 Å². The van der Waals surface area contributed by atoms with Crippen molar-refractivity contribution in [1.29, 1.82) is 0 Å². The molecule has 8 heteroatoms. The first-order valence-corrected chi connectivity index (χ1v) is 5.55. The maximum Gasteiger partial charge on any atom is 0.358 e. The largest absolute Gasteiger partial charge is 0.476 e. The molecular formula is C11H13N5O3. The zero-order valence-corrected chi connectivity index (χ0v) is 10.4. The van der Waals surface area contributed by atoms with Crippen LogP contribution in [0.3, 0.4) is 0 Å². The predicted octanol–water partition coefficient (Wildman–Crippen LogP) is 0.730. The van der Waals surface area contributed by atoms with E-state index >= 15 is 0 Å². The highest BCUT2D eigenvalue weighted by molar-refractivity contribution is 5.91. The van der Waals surface area contributed by atoms with E-state index in [2.05, 4.69) is 15.1 Å². The highest BCUT2D eigenvalue weighted by atomic mass is 16.5. The van der Waals surface area contributed by atoms with Crippen LogP contribution in [0.5, 0.6) is 5.88 Å². The highest BCUT2D eigenvalue weighted by Gasteiger charge is 2.15. The molecule has 0 unspecified atom stereocenters. The topological polar surface area (TPSA) is 116 Å². The highest BCUT2D eigenvalue weighted by Crippen LogP contribution is 2.15. The van der Waals surface area contributed by atoms with Gasteiger partial charge in [0.15, 0.2) is 11.5 Å². The Morgan fingerprint density at radius 2 is 2.21 bits per heavy atom. The molecule has 19 heavy (non-hydrogen) atoms. The third-order valence-electron chi connectivity index (χ3n) is 2.16. The average Bonchev–Trinajstić information content (AvgIpc) is 2.71. The van der Waals surface area contributed by atoms with Gasteiger partial charge in [0.25, 0.3) is 0 Å². The van der Waals surface area contributed by atoms with Gasteiger partial charge in [0, 0.05) is 6.07 Å². The number of anilines is 1. The van der Waals surface area contributed by atoms with Gasteiger partial charge in [-0.25, -0.2) is 19.4 Å². The molecule has 0 saturated heterocycles. The second-order valence-electron chi connectivity index (χ2n) is 4.06. The maximum absolute atomic E-state index is 10.9. The second-order valence-corrected chi connectivity index (χ2v) is 4.06. The standard InChI is InChI=1S/C11H13N5O3/c1-6(2)19-9-3-8(13-5-14-9)16-4-7(12)10(15-16)11(17)18/h3-6H,12H2,1-2H3,(H,17,18). The van der Waals surface area contributed by atoms with Crippen molar-refractivity contribution in [3.05, 3.63) is 24.3 Å². The van der Waals surface area contributed by atoms with E-state index in [0.29, 0.717) is 11.7 Å². The van der Waals surface area contributed by atoms with Crippen LogP contribution in [0.25, 0.3) is 5.82 Å². The predicted molar refractivity (Wildman–Crippen MR) is 66.3 cm³/mol. The number of carbonyl (C=O) groups is 1. The second kappa shape index (κ2) is 4.92. The third-order valence-corrected chi connectivity index (χ3v) is 2.16. The SMILES string of the molecule is CC(C)Oc1cc(-n2cc(N)c(C(=O)O)n2)ncn1. The molecule has 3 N–H and O–H groups in total. The van der Waals surface area contributed by atoms with Gasteiger partial charge in [-0.3, -0.25) is 0 Å². The summed E-state index contributed by atoms with van der Waals surface area (Å²) in [6.45, 7) is 3.74. The first-order chi connectivity index (χ1) is 8.97. The molecule has 0 spiro atoms. The monoisotopic (exact) mass is 263 g/mol. The van der Waals surface area contributed by atoms with E-state index in [-0.39, 0.29) is 17.5 Å². The summed E-state index contributed by atoms with van der Waals surface area (Å²) >= 11 is 0. The van der Waals surface area contributed by atoms with Gasteiger partial charge >= 0.3 is 5.97 Å². The number of hydrogen-bond acceptors (Lipinski definition) is 6. The van der Waals surface area contributed by atoms with Crippen molar-refractivity contribution in [2.75, 3.05) is 5.73 Å². The summed E-state index contributed by atoms with van der Waals surface area (Å²) < 4.78 is 6.69. The van der Waals surface area contributed by atoms with Crippen LogP contribution in [0.1, 0.15) is 24.3 Å². The first-order valence-electron chi connectivity index (χ1n) is 5.55. The van der Waals surface area contributed by atoms with Gasteiger partial charge < -0.3 is 15.6 Å². The number of nitrogen functional groups attached to an aromatic ring is 1. The molecule has 8 nitrogen and oxygen atoms in total. The molecule has 0 radical (unpaired) electrons. The minimum atomic E-state index is -1.19. The minimum Gasteiger partial charge on any atom is -0.476 e. The average molecular weight is 263 g/mol. The normalized spacial score (nSPS) is 10.7. The molecule has 2 rings (SSSR count). The molecule has 0 atom stereocenters. The molecule has 2 heterocycles. The van der Waals surface area contributed by atoms with Gasteiger partial charge in [-0.15, -0.1) is 0 Å². The van der Waals surface area contributed by atoms with Crippen molar-refractivity contribution < 1.29 is 14.6 Å². The minimum absolute atomic E-state index is 0.0278. The fourth-order valence-corrected chi connectivity index (χ4v) is 1.43. The number of nitrogens with two attached hydrogens (primary N) is 1. The fraction of sp³-hybridized carbons (Fsp3) is 0.273. The Balaban J connectivity index is 2.36. The number of nitrogens with zero attached hydrogens (tertiary/aromatic N) is 4. The summed E-state index contributed by atoms with van der Waals surface area (Å²) in [4.78, 5) is 18.8. The van der Waals surface area contributed by atoms with Crippen molar-refractivity contribution in [2.45, 2.75) is 20.0 Å². The Bertz CT molecular complexity index is 608. The Kier molecular flexibility index (Phi) is 3.32. The molecule has 100 valence electrons. The summed E-state index contributed by atoms with van der Waals surface area (Å²) in [6.07, 6.45) is 2.66. The van der Waals surface area contributed by atoms with Crippen LogP contribution >= 0.6 is 0 Å². The van der Waals surface area contributed by atoms with Crippen molar-refractivity contribution in [1.82, 2.24) is 19.7 Å². The zero-order valence-electron chi connectivity index (χ0n) is 10.4. The lowest BCUT2D eigenvalue weighted by molar-refractivity contribution is 0.0691. The summed E-state index contributed by atoms with van der Waals surface area (Å²) in [5.74, 6) is -0.431. The van der Waals surface area contributed by atoms with Crippen LogP contribution in [0.4, 0.5) is 5.69 Å². The van der Waals surface area contributed by atoms with Crippen LogP contribution in [-0.4, -0.2) is 36.9 Å². The number of ether oxygens (including phenoxy) is 1. The smallest absolute Gasteiger partial charge is 0.358 e. The Labute approximate surface area is 108 Å². The van der Waals surface area contributed by atoms with E-state index in [4.69, 9.17) is 15.6 Å². The van der Waals surface area contributed by atoms with Gasteiger partial charge in [0.2, 0.25) is 5.88 Å². The lowest BCUT2D eigenvalue weighted by atomic mass is 10.4. The van der Waals surface area contributed by atoms with Gasteiger partial charge in [-0.05, 0) is 13.8 Å². The molecule has 0 fully saturated rings. The first kappa shape index (κ1) is 12.8. The van der Waals surface area contributed by atoms with E-state index in [9.17, 15) is 4.79 Å². The third kappa shape index (κ3) is 2.79. The number of aromatic carboxylic acids is 1. The van der Waals surface area contributed by atoms with Crippen LogP contribution < -0.4 is 10.5 Å². The molecular weight excluding hydrogens is 250 g/mol. The number of hydrogen-bond donors (Lipinski definition) is 2. The lowest BCUT2D eigenvalue weighted by Crippen LogP contribution is -2.08. The van der Waals surface area contributed by atoms with Gasteiger partial charge in [-0.2, -0.15) is 5.10 Å². The van der Waals surface area contributed by atoms with Crippen LogP contribution in [-0.2, 0) is 0 Å². The molecule has 0 aromatic carbocycles. The van der Waals surface area contributed by atoms with E-state index < -0.39 is 5.97 Å². The number of carboxylic acid groups (broad SMARTS) is 1. The number of carboxylic acids is 1. The van der Waals surface area contributed by atoms with Crippen molar-refractivity contribution >= 4 is 11.7 Å². The number of rotatable bonds is 4. The number of aromatic nitrogens is 4. The van der Waals surface area contributed by atoms with Crippen LogP contribution in [0, 0.1) is 0 Å². The lowest BCUT2D eigenvalue weighted by Gasteiger charge is -2.08. The molecule has 0 bridgehead atoms. The van der Waals surface area contributed by atoms with E-state index in [0.717, 1.165) is 0 Å². The molecule has 0 saturated carbocycles. The summed E-state index contributed by atoms with van der Waals surface area (Å²) in [5, 5.41) is 12.7. The van der Waals surface area contributed by atoms with E-state index in [1.54, 1.807) is 6.07 Å². The Hall–Kier alpha value is -2.64. The molecule has 0 aliphatic carbocycles.